The Bertz CT molecular complexity index is 1350. The van der Waals surface area contributed by atoms with Gasteiger partial charge in [0.15, 0.2) is 0 Å². The normalized spacial score (nSPS) is 13.6. The van der Waals surface area contributed by atoms with Gasteiger partial charge in [0.2, 0.25) is 11.8 Å². The van der Waals surface area contributed by atoms with E-state index in [0.29, 0.717) is 18.4 Å². The van der Waals surface area contributed by atoms with Crippen molar-refractivity contribution in [1.82, 2.24) is 15.5 Å². The summed E-state index contributed by atoms with van der Waals surface area (Å²) in [5, 5.41) is 5.81. The van der Waals surface area contributed by atoms with Gasteiger partial charge in [0.1, 0.15) is 29.3 Å². The van der Waals surface area contributed by atoms with Crippen LogP contribution in [0.25, 0.3) is 0 Å². The van der Waals surface area contributed by atoms with Gasteiger partial charge >= 0.3 is 12.1 Å². The second-order valence-corrected chi connectivity index (χ2v) is 15.3. The van der Waals surface area contributed by atoms with Crippen molar-refractivity contribution >= 4 is 23.9 Å². The number of amides is 3. The number of benzene rings is 2. The predicted molar refractivity (Wildman–Crippen MR) is 195 cm³/mol. The van der Waals surface area contributed by atoms with Crippen LogP contribution in [-0.4, -0.2) is 58.6 Å². The van der Waals surface area contributed by atoms with Crippen LogP contribution in [0.3, 0.4) is 0 Å². The highest BCUT2D eigenvalue weighted by Gasteiger charge is 2.39. The van der Waals surface area contributed by atoms with Gasteiger partial charge in [-0.25, -0.2) is 9.59 Å². The molecule has 0 saturated heterocycles. The van der Waals surface area contributed by atoms with Crippen LogP contribution in [0.15, 0.2) is 54.6 Å². The first-order valence-corrected chi connectivity index (χ1v) is 17.8. The average Bonchev–Trinajstić information content (AvgIpc) is 2.98. The number of alkyl carbamates (subject to hydrolysis) is 1. The lowest BCUT2D eigenvalue weighted by Crippen LogP contribution is -2.55. The van der Waals surface area contributed by atoms with E-state index in [0.717, 1.165) is 36.8 Å². The fourth-order valence-corrected chi connectivity index (χ4v) is 5.61. The molecular formula is C40H61N3O6. The second kappa shape index (κ2) is 19.3. The summed E-state index contributed by atoms with van der Waals surface area (Å²) in [6, 6.07) is 13.9. The Balaban J connectivity index is 2.64. The van der Waals surface area contributed by atoms with Crippen molar-refractivity contribution in [2.75, 3.05) is 6.54 Å². The van der Waals surface area contributed by atoms with Gasteiger partial charge in [0, 0.05) is 13.0 Å². The molecule has 9 heteroatoms. The third-order valence-corrected chi connectivity index (χ3v) is 7.82. The van der Waals surface area contributed by atoms with E-state index in [2.05, 4.69) is 17.6 Å². The molecule has 0 aliphatic carbocycles. The van der Waals surface area contributed by atoms with Crippen LogP contribution in [0, 0.1) is 12.8 Å². The number of carbonyl (C=O) groups is 4. The Hall–Kier alpha value is -3.88. The molecule has 2 aromatic rings. The monoisotopic (exact) mass is 679 g/mol. The summed E-state index contributed by atoms with van der Waals surface area (Å²) in [5.41, 5.74) is 0.792. The number of nitrogens with zero attached hydrogens (tertiary/aromatic N) is 1. The molecule has 0 radical (unpaired) electrons. The first-order valence-electron chi connectivity index (χ1n) is 17.8. The molecule has 0 bridgehead atoms. The van der Waals surface area contributed by atoms with Crippen molar-refractivity contribution in [3.05, 3.63) is 71.3 Å². The highest BCUT2D eigenvalue weighted by Crippen LogP contribution is 2.28. The second-order valence-electron chi connectivity index (χ2n) is 15.3. The van der Waals surface area contributed by atoms with Crippen LogP contribution in [-0.2, 0) is 30.3 Å². The van der Waals surface area contributed by atoms with E-state index in [1.165, 1.54) is 0 Å². The molecule has 0 aromatic heterocycles. The maximum Gasteiger partial charge on any atom is 0.408 e. The molecule has 0 spiro atoms. The topological polar surface area (TPSA) is 114 Å². The third kappa shape index (κ3) is 15.0. The van der Waals surface area contributed by atoms with Crippen LogP contribution in [0.5, 0.6) is 0 Å². The fourth-order valence-electron chi connectivity index (χ4n) is 5.61. The predicted octanol–water partition coefficient (Wildman–Crippen LogP) is 7.84. The summed E-state index contributed by atoms with van der Waals surface area (Å²) in [7, 11) is 0. The van der Waals surface area contributed by atoms with Crippen LogP contribution in [0.1, 0.15) is 124 Å². The lowest BCUT2D eigenvalue weighted by molar-refractivity contribution is -0.159. The molecular weight excluding hydrogens is 618 g/mol. The molecule has 49 heavy (non-hydrogen) atoms. The molecule has 3 unspecified atom stereocenters. The van der Waals surface area contributed by atoms with Gasteiger partial charge in [-0.2, -0.15) is 0 Å². The lowest BCUT2D eigenvalue weighted by atomic mass is 9.95. The molecule has 272 valence electrons. The highest BCUT2D eigenvalue weighted by atomic mass is 16.6. The molecule has 2 N–H and O–H groups in total. The lowest BCUT2D eigenvalue weighted by Gasteiger charge is -2.36. The van der Waals surface area contributed by atoms with Gasteiger partial charge in [0.25, 0.3) is 0 Å². The van der Waals surface area contributed by atoms with Crippen molar-refractivity contribution in [3.8, 4) is 0 Å². The van der Waals surface area contributed by atoms with Gasteiger partial charge in [-0.1, -0.05) is 101 Å². The van der Waals surface area contributed by atoms with Crippen LogP contribution >= 0.6 is 0 Å². The highest BCUT2D eigenvalue weighted by molar-refractivity contribution is 5.94. The first kappa shape index (κ1) is 41.3. The van der Waals surface area contributed by atoms with Gasteiger partial charge in [0.05, 0.1) is 0 Å². The van der Waals surface area contributed by atoms with E-state index in [1.54, 1.807) is 46.4 Å². The molecule has 0 heterocycles. The molecule has 2 rings (SSSR count). The van der Waals surface area contributed by atoms with Crippen LogP contribution in [0.4, 0.5) is 4.79 Å². The molecule has 0 fully saturated rings. The zero-order valence-electron chi connectivity index (χ0n) is 31.6. The van der Waals surface area contributed by atoms with Crippen molar-refractivity contribution in [2.24, 2.45) is 5.92 Å². The van der Waals surface area contributed by atoms with E-state index >= 15 is 0 Å². The number of hydrogen-bond donors (Lipinski definition) is 2. The largest absolute Gasteiger partial charge is 0.458 e. The van der Waals surface area contributed by atoms with E-state index in [9.17, 15) is 19.2 Å². The molecule has 2 aromatic carbocycles. The minimum Gasteiger partial charge on any atom is -0.458 e. The quantitative estimate of drug-likeness (QED) is 0.130. The van der Waals surface area contributed by atoms with E-state index < -0.39 is 47.3 Å². The van der Waals surface area contributed by atoms with Crippen molar-refractivity contribution in [3.63, 3.8) is 0 Å². The summed E-state index contributed by atoms with van der Waals surface area (Å²) in [5.74, 6) is -1.38. The minimum atomic E-state index is -1.07. The van der Waals surface area contributed by atoms with Crippen molar-refractivity contribution in [1.29, 1.82) is 0 Å². The standard InChI is InChI=1S/C40H61N3O6/c1-11-12-13-14-20-25-43(36(45)32(26-28(2)3)42-38(47)49-40(8,9)10)34(31-24-19-18-21-29(31)4)35(44)41-33(37(46)48-39(5,6)7)27-30-22-16-15-17-23-30/h15-19,21-24,28,32-34H,11-14,20,25-27H2,1-10H3,(H,41,44)(H,42,47). The molecule has 0 saturated carbocycles. The third-order valence-electron chi connectivity index (χ3n) is 7.82. The van der Waals surface area contributed by atoms with Gasteiger partial charge in [-0.15, -0.1) is 0 Å². The summed E-state index contributed by atoms with van der Waals surface area (Å²) in [6.07, 6.45) is 4.56. The van der Waals surface area contributed by atoms with E-state index in [-0.39, 0.29) is 24.8 Å². The van der Waals surface area contributed by atoms with Crippen molar-refractivity contribution in [2.45, 2.75) is 144 Å². The maximum absolute atomic E-state index is 14.7. The zero-order valence-corrected chi connectivity index (χ0v) is 31.6. The number of esters is 1. The Labute approximate surface area is 294 Å². The number of carbonyl (C=O) groups excluding carboxylic acids is 4. The fraction of sp³-hybridized carbons (Fsp3) is 0.600. The number of hydrogen-bond acceptors (Lipinski definition) is 6. The Morgan fingerprint density at radius 1 is 0.755 bits per heavy atom. The van der Waals surface area contributed by atoms with Crippen molar-refractivity contribution < 1.29 is 28.7 Å². The number of aryl methyl sites for hydroxylation is 1. The number of rotatable bonds is 17. The van der Waals surface area contributed by atoms with Crippen LogP contribution in [0.2, 0.25) is 0 Å². The summed E-state index contributed by atoms with van der Waals surface area (Å²) in [4.78, 5) is 57.6. The Morgan fingerprint density at radius 2 is 1.35 bits per heavy atom. The first-order chi connectivity index (χ1) is 22.9. The van der Waals surface area contributed by atoms with Gasteiger partial charge in [-0.05, 0) is 83.9 Å². The Kier molecular flexibility index (Phi) is 16.3. The molecule has 9 nitrogen and oxygen atoms in total. The van der Waals surface area contributed by atoms with Crippen LogP contribution < -0.4 is 10.6 Å². The van der Waals surface area contributed by atoms with E-state index in [4.69, 9.17) is 9.47 Å². The van der Waals surface area contributed by atoms with E-state index in [1.807, 2.05) is 75.4 Å². The zero-order chi connectivity index (χ0) is 36.8. The summed E-state index contributed by atoms with van der Waals surface area (Å²) >= 11 is 0. The summed E-state index contributed by atoms with van der Waals surface area (Å²) in [6.45, 7) is 18.9. The minimum absolute atomic E-state index is 0.0588. The SMILES string of the molecule is CCCCCCCN(C(=O)C(CC(C)C)NC(=O)OC(C)(C)C)C(C(=O)NC(Cc1ccccc1)C(=O)OC(C)(C)C)c1ccccc1C. The Morgan fingerprint density at radius 3 is 1.92 bits per heavy atom. The van der Waals surface area contributed by atoms with Gasteiger partial charge in [-0.3, -0.25) is 9.59 Å². The molecule has 3 amide bonds. The summed E-state index contributed by atoms with van der Waals surface area (Å²) < 4.78 is 11.3. The maximum atomic E-state index is 14.7. The van der Waals surface area contributed by atoms with Gasteiger partial charge < -0.3 is 25.0 Å². The molecule has 0 aliphatic rings. The average molecular weight is 680 g/mol. The smallest absolute Gasteiger partial charge is 0.408 e. The molecule has 3 atom stereocenters. The number of ether oxygens (including phenoxy) is 2. The molecule has 0 aliphatic heterocycles. The number of nitrogens with one attached hydrogen (secondary N) is 2. The number of unbranched alkanes of at least 4 members (excludes halogenated alkanes) is 4.